The molecular formula is C21H22Cl2N2O2. The van der Waals surface area contributed by atoms with Gasteiger partial charge in [-0.15, -0.1) is 0 Å². The first-order valence-corrected chi connectivity index (χ1v) is 9.64. The van der Waals surface area contributed by atoms with Crippen molar-refractivity contribution in [2.24, 2.45) is 0 Å². The van der Waals surface area contributed by atoms with Gasteiger partial charge in [-0.25, -0.2) is 0 Å². The molecule has 1 N–H and O–H groups in total. The Morgan fingerprint density at radius 1 is 1.07 bits per heavy atom. The summed E-state index contributed by atoms with van der Waals surface area (Å²) in [6, 6.07) is 13.6. The van der Waals surface area contributed by atoms with Gasteiger partial charge < -0.3 is 10.1 Å². The van der Waals surface area contributed by atoms with E-state index in [0.717, 1.165) is 44.0 Å². The quantitative estimate of drug-likeness (QED) is 0.734. The number of ether oxygens (including phenoxy) is 1. The molecule has 142 valence electrons. The van der Waals surface area contributed by atoms with E-state index >= 15 is 0 Å². The van der Waals surface area contributed by atoms with Gasteiger partial charge in [-0.2, -0.15) is 0 Å². The topological polar surface area (TPSA) is 41.6 Å². The number of hydrogen-bond donors (Lipinski definition) is 1. The molecule has 4 nitrogen and oxygen atoms in total. The highest BCUT2D eigenvalue weighted by molar-refractivity contribution is 6.42. The molecule has 2 aromatic rings. The summed E-state index contributed by atoms with van der Waals surface area (Å²) in [7, 11) is 0. The highest BCUT2D eigenvalue weighted by Gasteiger charge is 2.10. The summed E-state index contributed by atoms with van der Waals surface area (Å²) in [5.74, 6) is -0.153. The number of morpholine rings is 1. The van der Waals surface area contributed by atoms with Crippen LogP contribution in [0.5, 0.6) is 0 Å². The Hall–Kier alpha value is -1.85. The minimum absolute atomic E-state index is 0.153. The van der Waals surface area contributed by atoms with Gasteiger partial charge >= 0.3 is 0 Å². The number of amides is 1. The first kappa shape index (κ1) is 19.9. The molecule has 0 unspecified atom stereocenters. The van der Waals surface area contributed by atoms with E-state index in [0.29, 0.717) is 16.6 Å². The molecule has 0 saturated carbocycles. The van der Waals surface area contributed by atoms with Crippen LogP contribution in [-0.4, -0.2) is 37.1 Å². The number of nitrogens with one attached hydrogen (secondary N) is 1. The monoisotopic (exact) mass is 404 g/mol. The summed E-state index contributed by atoms with van der Waals surface area (Å²) in [5.41, 5.74) is 3.15. The third-order valence-electron chi connectivity index (χ3n) is 4.34. The van der Waals surface area contributed by atoms with E-state index in [9.17, 15) is 4.79 Å². The zero-order valence-electron chi connectivity index (χ0n) is 15.0. The Morgan fingerprint density at radius 3 is 2.63 bits per heavy atom. The molecule has 0 bridgehead atoms. The van der Waals surface area contributed by atoms with Gasteiger partial charge in [0.1, 0.15) is 0 Å². The van der Waals surface area contributed by atoms with Crippen molar-refractivity contribution in [3.05, 3.63) is 75.3 Å². The molecule has 27 heavy (non-hydrogen) atoms. The predicted molar refractivity (Wildman–Crippen MR) is 110 cm³/mol. The van der Waals surface area contributed by atoms with E-state index in [1.165, 1.54) is 11.6 Å². The molecule has 1 aliphatic rings. The van der Waals surface area contributed by atoms with Gasteiger partial charge in [0.15, 0.2) is 0 Å². The molecule has 0 radical (unpaired) electrons. The van der Waals surface area contributed by atoms with Crippen molar-refractivity contribution in [3.8, 4) is 0 Å². The van der Waals surface area contributed by atoms with Crippen molar-refractivity contribution in [2.45, 2.75) is 13.1 Å². The maximum absolute atomic E-state index is 12.1. The standard InChI is InChI=1S/C21H22Cl2N2O2/c22-19-6-4-16(13-20(19)23)5-7-21(26)24-14-17-2-1-3-18(12-17)15-25-8-10-27-11-9-25/h1-7,12-13H,8-11,14-15H2,(H,24,26)/b7-5+. The van der Waals surface area contributed by atoms with E-state index < -0.39 is 0 Å². The lowest BCUT2D eigenvalue weighted by Gasteiger charge is -2.26. The number of hydrogen-bond acceptors (Lipinski definition) is 3. The van der Waals surface area contributed by atoms with Crippen molar-refractivity contribution in [3.63, 3.8) is 0 Å². The van der Waals surface area contributed by atoms with Crippen LogP contribution >= 0.6 is 23.2 Å². The Kier molecular flexibility index (Phi) is 7.30. The maximum Gasteiger partial charge on any atom is 0.244 e. The zero-order chi connectivity index (χ0) is 19.1. The Morgan fingerprint density at radius 2 is 1.85 bits per heavy atom. The van der Waals surface area contributed by atoms with Crippen LogP contribution in [0.3, 0.4) is 0 Å². The van der Waals surface area contributed by atoms with Crippen molar-refractivity contribution in [2.75, 3.05) is 26.3 Å². The van der Waals surface area contributed by atoms with Crippen LogP contribution < -0.4 is 5.32 Å². The van der Waals surface area contributed by atoms with Crippen LogP contribution in [0.1, 0.15) is 16.7 Å². The summed E-state index contributed by atoms with van der Waals surface area (Å²) in [4.78, 5) is 14.4. The molecule has 0 spiro atoms. The molecule has 1 fully saturated rings. The third kappa shape index (κ3) is 6.36. The van der Waals surface area contributed by atoms with Crippen LogP contribution in [0.15, 0.2) is 48.5 Å². The molecule has 1 aliphatic heterocycles. The Balaban J connectivity index is 1.51. The largest absolute Gasteiger partial charge is 0.379 e. The fourth-order valence-electron chi connectivity index (χ4n) is 2.89. The van der Waals surface area contributed by atoms with Crippen molar-refractivity contribution >= 4 is 35.2 Å². The molecule has 3 rings (SSSR count). The maximum atomic E-state index is 12.1. The Labute approximate surface area is 169 Å². The summed E-state index contributed by atoms with van der Waals surface area (Å²) in [5, 5.41) is 3.87. The second kappa shape index (κ2) is 9.90. The molecule has 1 heterocycles. The van der Waals surface area contributed by atoms with Gasteiger partial charge in [0, 0.05) is 32.3 Å². The average molecular weight is 405 g/mol. The lowest BCUT2D eigenvalue weighted by molar-refractivity contribution is -0.116. The summed E-state index contributed by atoms with van der Waals surface area (Å²) in [6.07, 6.45) is 3.21. The summed E-state index contributed by atoms with van der Waals surface area (Å²) >= 11 is 11.9. The minimum atomic E-state index is -0.153. The van der Waals surface area contributed by atoms with Gasteiger partial charge in [0.2, 0.25) is 5.91 Å². The number of halogens is 2. The highest BCUT2D eigenvalue weighted by Crippen LogP contribution is 2.23. The van der Waals surface area contributed by atoms with Gasteiger partial charge in [0.25, 0.3) is 0 Å². The average Bonchev–Trinajstić information content (AvgIpc) is 2.68. The lowest BCUT2D eigenvalue weighted by Crippen LogP contribution is -2.35. The van der Waals surface area contributed by atoms with E-state index in [1.807, 2.05) is 18.2 Å². The zero-order valence-corrected chi connectivity index (χ0v) is 16.5. The first-order chi connectivity index (χ1) is 13.1. The van der Waals surface area contributed by atoms with Crippen LogP contribution in [0.2, 0.25) is 10.0 Å². The van der Waals surface area contributed by atoms with Crippen molar-refractivity contribution < 1.29 is 9.53 Å². The second-order valence-electron chi connectivity index (χ2n) is 6.43. The predicted octanol–water partition coefficient (Wildman–Crippen LogP) is 4.16. The van der Waals surface area contributed by atoms with E-state index in [1.54, 1.807) is 18.2 Å². The van der Waals surface area contributed by atoms with E-state index in [2.05, 4.69) is 22.3 Å². The number of benzene rings is 2. The number of nitrogens with zero attached hydrogens (tertiary/aromatic N) is 1. The van der Waals surface area contributed by atoms with Crippen LogP contribution in [-0.2, 0) is 22.6 Å². The van der Waals surface area contributed by atoms with Crippen LogP contribution in [0, 0.1) is 0 Å². The molecule has 0 atom stereocenters. The van der Waals surface area contributed by atoms with Crippen LogP contribution in [0.4, 0.5) is 0 Å². The lowest BCUT2D eigenvalue weighted by atomic mass is 10.1. The van der Waals surface area contributed by atoms with E-state index in [-0.39, 0.29) is 5.91 Å². The molecule has 0 aliphatic carbocycles. The first-order valence-electron chi connectivity index (χ1n) is 8.89. The normalized spacial score (nSPS) is 15.2. The summed E-state index contributed by atoms with van der Waals surface area (Å²) < 4.78 is 5.38. The fraction of sp³-hybridized carbons (Fsp3) is 0.286. The molecule has 1 saturated heterocycles. The van der Waals surface area contributed by atoms with Gasteiger partial charge in [0.05, 0.1) is 23.3 Å². The fourth-order valence-corrected chi connectivity index (χ4v) is 3.20. The van der Waals surface area contributed by atoms with Crippen LogP contribution in [0.25, 0.3) is 6.08 Å². The van der Waals surface area contributed by atoms with Gasteiger partial charge in [-0.1, -0.05) is 53.5 Å². The Bertz CT molecular complexity index is 818. The molecule has 0 aromatic heterocycles. The highest BCUT2D eigenvalue weighted by atomic mass is 35.5. The minimum Gasteiger partial charge on any atom is -0.379 e. The number of carbonyl (C=O) groups excluding carboxylic acids is 1. The number of carbonyl (C=O) groups is 1. The smallest absolute Gasteiger partial charge is 0.244 e. The second-order valence-corrected chi connectivity index (χ2v) is 7.25. The number of rotatable bonds is 6. The van der Waals surface area contributed by atoms with Gasteiger partial charge in [-0.05, 0) is 34.9 Å². The summed E-state index contributed by atoms with van der Waals surface area (Å²) in [6.45, 7) is 4.90. The van der Waals surface area contributed by atoms with Crippen molar-refractivity contribution in [1.82, 2.24) is 10.2 Å². The van der Waals surface area contributed by atoms with E-state index in [4.69, 9.17) is 27.9 Å². The molecular weight excluding hydrogens is 383 g/mol. The molecule has 2 aromatic carbocycles. The molecule has 6 heteroatoms. The van der Waals surface area contributed by atoms with Crippen molar-refractivity contribution in [1.29, 1.82) is 0 Å². The van der Waals surface area contributed by atoms with Gasteiger partial charge in [-0.3, -0.25) is 9.69 Å². The molecule has 1 amide bonds. The third-order valence-corrected chi connectivity index (χ3v) is 5.08. The SMILES string of the molecule is O=C(/C=C/c1ccc(Cl)c(Cl)c1)NCc1cccc(CN2CCOCC2)c1.